The SMILES string of the molecule is CO[C@@]1(NC(=O)C(C(=O)O)c2ccc(O)c(O)c2)C(=O)N2C(C(=O)O)=C(CSc3ccsn3)C(C)S[C@H]21. The molecule has 15 heteroatoms. The Labute approximate surface area is 222 Å². The molecule has 0 saturated carbocycles. The van der Waals surface area contributed by atoms with Crippen molar-refractivity contribution in [1.82, 2.24) is 14.6 Å². The average molecular weight is 568 g/mol. The molecular formula is C22H21N3O9S3. The van der Waals surface area contributed by atoms with Crippen LogP contribution in [-0.4, -0.2) is 82.7 Å². The minimum Gasteiger partial charge on any atom is -0.504 e. The van der Waals surface area contributed by atoms with Crippen molar-refractivity contribution < 1.29 is 44.3 Å². The lowest BCUT2D eigenvalue weighted by Crippen LogP contribution is -2.81. The molecular weight excluding hydrogens is 546 g/mol. The van der Waals surface area contributed by atoms with Gasteiger partial charge in [0.15, 0.2) is 17.4 Å². The number of carbonyl (C=O) groups is 4. The minimum absolute atomic E-state index is 0.146. The summed E-state index contributed by atoms with van der Waals surface area (Å²) in [5.74, 6) is -7.59. The van der Waals surface area contributed by atoms with E-state index in [1.54, 1.807) is 18.4 Å². The van der Waals surface area contributed by atoms with Crippen molar-refractivity contribution in [1.29, 1.82) is 0 Å². The molecule has 1 aromatic carbocycles. The molecule has 1 aromatic heterocycles. The molecule has 196 valence electrons. The molecule has 1 fully saturated rings. The Bertz CT molecular complexity index is 1300. The molecule has 1 saturated heterocycles. The summed E-state index contributed by atoms with van der Waals surface area (Å²) in [5, 5.41) is 42.5. The zero-order chi connectivity index (χ0) is 27.1. The molecule has 0 bridgehead atoms. The van der Waals surface area contributed by atoms with Gasteiger partial charge in [-0.05, 0) is 47.8 Å². The van der Waals surface area contributed by atoms with E-state index in [1.165, 1.54) is 35.1 Å². The van der Waals surface area contributed by atoms with Crippen LogP contribution in [0.1, 0.15) is 18.4 Å². The van der Waals surface area contributed by atoms with E-state index >= 15 is 0 Å². The summed E-state index contributed by atoms with van der Waals surface area (Å²) >= 11 is 3.79. The van der Waals surface area contributed by atoms with E-state index in [4.69, 9.17) is 4.74 Å². The van der Waals surface area contributed by atoms with Gasteiger partial charge >= 0.3 is 11.9 Å². The number of nitrogens with one attached hydrogen (secondary N) is 1. The summed E-state index contributed by atoms with van der Waals surface area (Å²) in [6.45, 7) is 1.77. The number of aromatic hydroxyl groups is 2. The molecule has 2 unspecified atom stereocenters. The fourth-order valence-electron chi connectivity index (χ4n) is 4.09. The molecule has 3 heterocycles. The van der Waals surface area contributed by atoms with Gasteiger partial charge < -0.3 is 30.5 Å². The van der Waals surface area contributed by atoms with Crippen LogP contribution in [0.3, 0.4) is 0 Å². The van der Waals surface area contributed by atoms with Crippen molar-refractivity contribution >= 4 is 58.8 Å². The first-order valence-electron chi connectivity index (χ1n) is 10.6. The summed E-state index contributed by atoms with van der Waals surface area (Å²) < 4.78 is 9.61. The predicted molar refractivity (Wildman–Crippen MR) is 133 cm³/mol. The van der Waals surface area contributed by atoms with Crippen molar-refractivity contribution in [3.8, 4) is 11.5 Å². The smallest absolute Gasteiger partial charge is 0.352 e. The predicted octanol–water partition coefficient (Wildman–Crippen LogP) is 1.62. The maximum atomic E-state index is 13.3. The van der Waals surface area contributed by atoms with E-state index in [1.807, 2.05) is 0 Å². The fraction of sp³-hybridized carbons (Fsp3) is 0.318. The topological polar surface area (TPSA) is 187 Å². The van der Waals surface area contributed by atoms with Gasteiger partial charge in [0.25, 0.3) is 11.6 Å². The Kier molecular flexibility index (Phi) is 7.41. The number of phenols is 2. The Morgan fingerprint density at radius 1 is 1.24 bits per heavy atom. The van der Waals surface area contributed by atoms with E-state index in [-0.39, 0.29) is 22.3 Å². The van der Waals surface area contributed by atoms with E-state index in [9.17, 15) is 39.6 Å². The van der Waals surface area contributed by atoms with Gasteiger partial charge in [-0.25, -0.2) is 4.79 Å². The van der Waals surface area contributed by atoms with Crippen LogP contribution in [0.15, 0.2) is 45.9 Å². The highest BCUT2D eigenvalue weighted by molar-refractivity contribution is 8.01. The number of aliphatic carboxylic acids is 2. The minimum atomic E-state index is -2.02. The van der Waals surface area contributed by atoms with Crippen LogP contribution in [-0.2, 0) is 23.9 Å². The highest BCUT2D eigenvalue weighted by Gasteiger charge is 2.67. The number of rotatable bonds is 9. The number of fused-ring (bicyclic) bond motifs is 1. The Balaban J connectivity index is 1.63. The van der Waals surface area contributed by atoms with Gasteiger partial charge in [0.2, 0.25) is 5.91 Å². The molecule has 4 rings (SSSR count). The van der Waals surface area contributed by atoms with Crippen LogP contribution in [0, 0.1) is 0 Å². The molecule has 2 amide bonds. The number of amides is 2. The molecule has 4 atom stereocenters. The maximum absolute atomic E-state index is 13.3. The van der Waals surface area contributed by atoms with Gasteiger partial charge in [-0.3, -0.25) is 19.3 Å². The number of nitrogens with zero attached hydrogens (tertiary/aromatic N) is 2. The van der Waals surface area contributed by atoms with Crippen LogP contribution in [0.2, 0.25) is 0 Å². The number of phenolic OH excluding ortho intramolecular Hbond substituents is 2. The number of benzene rings is 1. The van der Waals surface area contributed by atoms with Crippen LogP contribution in [0.4, 0.5) is 0 Å². The number of aromatic nitrogens is 1. The Morgan fingerprint density at radius 2 is 1.97 bits per heavy atom. The van der Waals surface area contributed by atoms with Gasteiger partial charge in [-0.2, -0.15) is 4.37 Å². The average Bonchev–Trinajstić information content (AvgIpc) is 3.36. The second kappa shape index (κ2) is 10.2. The summed E-state index contributed by atoms with van der Waals surface area (Å²) in [4.78, 5) is 51.7. The number of β-lactam (4-membered cyclic amide) rings is 1. The summed E-state index contributed by atoms with van der Waals surface area (Å²) in [6.07, 6.45) is 0. The molecule has 2 aromatic rings. The van der Waals surface area contributed by atoms with Crippen molar-refractivity contribution in [3.63, 3.8) is 0 Å². The zero-order valence-electron chi connectivity index (χ0n) is 19.3. The Morgan fingerprint density at radius 3 is 2.54 bits per heavy atom. The zero-order valence-corrected chi connectivity index (χ0v) is 21.7. The number of carboxylic acids is 2. The third kappa shape index (κ3) is 4.63. The van der Waals surface area contributed by atoms with Crippen LogP contribution in [0.25, 0.3) is 0 Å². The number of methoxy groups -OCH3 is 1. The van der Waals surface area contributed by atoms with Gasteiger partial charge in [0.05, 0.1) is 0 Å². The second-order valence-electron chi connectivity index (χ2n) is 8.06. The van der Waals surface area contributed by atoms with Gasteiger partial charge in [-0.15, -0.1) is 23.5 Å². The highest BCUT2D eigenvalue weighted by atomic mass is 32.2. The van der Waals surface area contributed by atoms with Crippen molar-refractivity contribution in [2.24, 2.45) is 0 Å². The van der Waals surface area contributed by atoms with Gasteiger partial charge in [-0.1, -0.05) is 6.07 Å². The van der Waals surface area contributed by atoms with Crippen LogP contribution < -0.4 is 5.32 Å². The highest BCUT2D eigenvalue weighted by Crippen LogP contribution is 2.50. The number of hydrogen-bond acceptors (Lipinski definition) is 11. The molecule has 0 aliphatic carbocycles. The number of carbonyl (C=O) groups excluding carboxylic acids is 2. The molecule has 2 aliphatic heterocycles. The van der Waals surface area contributed by atoms with Gasteiger partial charge in [0, 0.05) is 23.5 Å². The van der Waals surface area contributed by atoms with Crippen molar-refractivity contribution in [3.05, 3.63) is 46.5 Å². The molecule has 0 radical (unpaired) electrons. The fourth-order valence-corrected chi connectivity index (χ4v) is 7.41. The molecule has 0 spiro atoms. The van der Waals surface area contributed by atoms with Crippen LogP contribution in [0.5, 0.6) is 11.5 Å². The molecule has 5 N–H and O–H groups in total. The van der Waals surface area contributed by atoms with E-state index in [0.717, 1.165) is 35.2 Å². The summed E-state index contributed by atoms with van der Waals surface area (Å²) in [5.41, 5.74) is -1.88. The quantitative estimate of drug-likeness (QED) is 0.0970. The molecule has 37 heavy (non-hydrogen) atoms. The standard InChI is InChI=1S/C22H21N3O9S3/c1-9-11(8-35-14-5-6-36-24-14)16(19(31)32)25-20(33)22(34-2,21(25)37-9)23-17(28)15(18(29)30)10-3-4-12(26)13(27)7-10/h3-7,9,15,21,26-27H,8H2,1-2H3,(H,23,28)(H,29,30)(H,31,32)/t9?,15?,21-,22-/m0/s1. The number of ether oxygens (including phenoxy) is 1. The summed E-state index contributed by atoms with van der Waals surface area (Å²) in [6, 6.07) is 4.91. The summed E-state index contributed by atoms with van der Waals surface area (Å²) in [7, 11) is 1.15. The lowest BCUT2D eigenvalue weighted by Gasteiger charge is -2.57. The first-order valence-corrected chi connectivity index (χ1v) is 13.4. The molecule has 12 nitrogen and oxygen atoms in total. The normalized spacial score (nSPS) is 23.7. The lowest BCUT2D eigenvalue weighted by molar-refractivity contribution is -0.193. The monoisotopic (exact) mass is 567 g/mol. The third-order valence-corrected chi connectivity index (χ3v) is 9.10. The number of carboxylic acid groups (broad SMARTS) is 2. The van der Waals surface area contributed by atoms with E-state index in [0.29, 0.717) is 5.57 Å². The molecule has 2 aliphatic rings. The van der Waals surface area contributed by atoms with E-state index in [2.05, 4.69) is 9.69 Å². The lowest BCUT2D eigenvalue weighted by atomic mass is 9.93. The first-order chi connectivity index (χ1) is 17.5. The van der Waals surface area contributed by atoms with Crippen LogP contribution >= 0.6 is 35.1 Å². The van der Waals surface area contributed by atoms with Crippen molar-refractivity contribution in [2.45, 2.75) is 34.2 Å². The third-order valence-electron chi connectivity index (χ3n) is 5.95. The van der Waals surface area contributed by atoms with E-state index < -0.39 is 52.3 Å². The largest absolute Gasteiger partial charge is 0.504 e. The maximum Gasteiger partial charge on any atom is 0.352 e. The second-order valence-corrected chi connectivity index (χ2v) is 11.1. The van der Waals surface area contributed by atoms with Gasteiger partial charge in [0.1, 0.15) is 16.1 Å². The number of hydrogen-bond donors (Lipinski definition) is 5. The number of thioether (sulfide) groups is 2. The first kappa shape index (κ1) is 26.8. The van der Waals surface area contributed by atoms with Crippen molar-refractivity contribution in [2.75, 3.05) is 12.9 Å². The Hall–Kier alpha value is -3.27.